The first-order valence-electron chi connectivity index (χ1n) is 6.27. The Morgan fingerprint density at radius 1 is 1.25 bits per heavy atom. The van der Waals surface area contributed by atoms with Crippen molar-refractivity contribution < 1.29 is 4.74 Å². The average Bonchev–Trinajstić information content (AvgIpc) is 2.88. The lowest BCUT2D eigenvalue weighted by atomic mass is 10.2. The summed E-state index contributed by atoms with van der Waals surface area (Å²) in [5.41, 5.74) is 2.98. The molecular weight excluding hydrogens is 274 g/mol. The lowest BCUT2D eigenvalue weighted by molar-refractivity contribution is 0.410. The minimum absolute atomic E-state index is 0.611. The highest BCUT2D eigenvalue weighted by atomic mass is 35.5. The molecule has 0 unspecified atom stereocenters. The molecule has 0 fully saturated rings. The number of fused-ring (bicyclic) bond motifs is 1. The minimum Gasteiger partial charge on any atom is -0.496 e. The van der Waals surface area contributed by atoms with E-state index < -0.39 is 0 Å². The monoisotopic (exact) mass is 287 g/mol. The number of aromatic amines is 1. The van der Waals surface area contributed by atoms with Crippen LogP contribution in [0.15, 0.2) is 42.5 Å². The van der Waals surface area contributed by atoms with Crippen LogP contribution in [0.4, 0.5) is 5.95 Å². The van der Waals surface area contributed by atoms with Crippen molar-refractivity contribution in [2.24, 2.45) is 0 Å². The van der Waals surface area contributed by atoms with Crippen LogP contribution >= 0.6 is 11.6 Å². The van der Waals surface area contributed by atoms with Crippen molar-refractivity contribution in [3.63, 3.8) is 0 Å². The van der Waals surface area contributed by atoms with Gasteiger partial charge in [0.1, 0.15) is 5.75 Å². The van der Waals surface area contributed by atoms with Crippen LogP contribution in [0.3, 0.4) is 0 Å². The number of nitrogens with zero attached hydrogens (tertiary/aromatic N) is 1. The third-order valence-corrected chi connectivity index (χ3v) is 3.32. The number of anilines is 1. The van der Waals surface area contributed by atoms with Crippen LogP contribution < -0.4 is 10.1 Å². The summed E-state index contributed by atoms with van der Waals surface area (Å²) in [7, 11) is 1.64. The van der Waals surface area contributed by atoms with Crippen LogP contribution in [0.5, 0.6) is 5.75 Å². The van der Waals surface area contributed by atoms with Gasteiger partial charge in [0.25, 0.3) is 0 Å². The largest absolute Gasteiger partial charge is 0.496 e. The molecule has 2 N–H and O–H groups in total. The molecule has 1 heterocycles. The standard InChI is InChI=1S/C15H14ClN3O/c1-20-14-8-11(16)7-6-10(14)9-17-15-18-12-4-2-3-5-13(12)19-15/h2-8H,9H2,1H3,(H2,17,18,19). The fraction of sp³-hybridized carbons (Fsp3) is 0.133. The van der Waals surface area contributed by atoms with Crippen molar-refractivity contribution in [2.75, 3.05) is 12.4 Å². The Bertz CT molecular complexity index is 706. The molecule has 0 aliphatic rings. The second-order valence-corrected chi connectivity index (χ2v) is 4.85. The van der Waals surface area contributed by atoms with E-state index in [4.69, 9.17) is 16.3 Å². The van der Waals surface area contributed by atoms with E-state index in [-0.39, 0.29) is 0 Å². The van der Waals surface area contributed by atoms with Gasteiger partial charge in [0.05, 0.1) is 18.1 Å². The third kappa shape index (κ3) is 2.56. The number of hydrogen-bond donors (Lipinski definition) is 2. The average molecular weight is 288 g/mol. The number of nitrogens with one attached hydrogen (secondary N) is 2. The molecule has 20 heavy (non-hydrogen) atoms. The maximum Gasteiger partial charge on any atom is 0.201 e. The fourth-order valence-electron chi connectivity index (χ4n) is 2.08. The Kier molecular flexibility index (Phi) is 3.48. The SMILES string of the molecule is COc1cc(Cl)ccc1CNc1nc2ccccc2[nH]1. The zero-order valence-electron chi connectivity index (χ0n) is 11.0. The van der Waals surface area contributed by atoms with Crippen molar-refractivity contribution in [3.05, 3.63) is 53.1 Å². The Balaban J connectivity index is 1.79. The van der Waals surface area contributed by atoms with Gasteiger partial charge in [0, 0.05) is 17.1 Å². The summed E-state index contributed by atoms with van der Waals surface area (Å²) in [5, 5.41) is 3.92. The molecular formula is C15H14ClN3O. The van der Waals surface area contributed by atoms with E-state index in [0.717, 1.165) is 28.3 Å². The quantitative estimate of drug-likeness (QED) is 0.766. The highest BCUT2D eigenvalue weighted by Crippen LogP contribution is 2.24. The van der Waals surface area contributed by atoms with E-state index in [9.17, 15) is 0 Å². The lowest BCUT2D eigenvalue weighted by Gasteiger charge is -2.09. The Hall–Kier alpha value is -2.20. The smallest absolute Gasteiger partial charge is 0.201 e. The topological polar surface area (TPSA) is 49.9 Å². The number of methoxy groups -OCH3 is 1. The van der Waals surface area contributed by atoms with E-state index >= 15 is 0 Å². The molecule has 1 aromatic heterocycles. The highest BCUT2D eigenvalue weighted by Gasteiger charge is 2.05. The summed E-state index contributed by atoms with van der Waals surface area (Å²) in [6, 6.07) is 13.5. The van der Waals surface area contributed by atoms with E-state index in [0.29, 0.717) is 11.6 Å². The predicted octanol–water partition coefficient (Wildman–Crippen LogP) is 3.84. The van der Waals surface area contributed by atoms with Gasteiger partial charge in [-0.05, 0) is 24.3 Å². The number of imidazole rings is 1. The number of halogens is 1. The van der Waals surface area contributed by atoms with E-state index in [1.807, 2.05) is 36.4 Å². The second kappa shape index (κ2) is 5.43. The summed E-state index contributed by atoms with van der Waals surface area (Å²) in [5.74, 6) is 1.50. The van der Waals surface area contributed by atoms with Crippen molar-refractivity contribution in [1.29, 1.82) is 0 Å². The van der Waals surface area contributed by atoms with Gasteiger partial charge in [-0.3, -0.25) is 0 Å². The first-order chi connectivity index (χ1) is 9.76. The maximum absolute atomic E-state index is 5.95. The molecule has 0 bridgehead atoms. The number of aromatic nitrogens is 2. The minimum atomic E-state index is 0.611. The van der Waals surface area contributed by atoms with Crippen LogP contribution in [-0.4, -0.2) is 17.1 Å². The van der Waals surface area contributed by atoms with Crippen LogP contribution in [0, 0.1) is 0 Å². The summed E-state index contributed by atoms with van der Waals surface area (Å²) in [6.45, 7) is 0.611. The van der Waals surface area contributed by atoms with Crippen LogP contribution in [-0.2, 0) is 6.54 Å². The third-order valence-electron chi connectivity index (χ3n) is 3.08. The Morgan fingerprint density at radius 3 is 2.90 bits per heavy atom. The number of rotatable bonds is 4. The molecule has 0 amide bonds. The molecule has 0 saturated carbocycles. The van der Waals surface area contributed by atoms with Gasteiger partial charge in [-0.1, -0.05) is 29.8 Å². The summed E-state index contributed by atoms with van der Waals surface area (Å²) < 4.78 is 5.32. The molecule has 0 aliphatic carbocycles. The zero-order valence-corrected chi connectivity index (χ0v) is 11.7. The first-order valence-corrected chi connectivity index (χ1v) is 6.65. The van der Waals surface area contributed by atoms with E-state index in [2.05, 4.69) is 15.3 Å². The second-order valence-electron chi connectivity index (χ2n) is 4.41. The van der Waals surface area contributed by atoms with E-state index in [1.54, 1.807) is 13.2 Å². The van der Waals surface area contributed by atoms with Gasteiger partial charge in [-0.2, -0.15) is 0 Å². The number of H-pyrrole nitrogens is 1. The van der Waals surface area contributed by atoms with E-state index in [1.165, 1.54) is 0 Å². The molecule has 3 aromatic rings. The van der Waals surface area contributed by atoms with Gasteiger partial charge in [0.2, 0.25) is 5.95 Å². The van der Waals surface area contributed by atoms with Crippen LogP contribution in [0.25, 0.3) is 11.0 Å². The van der Waals surface area contributed by atoms with Gasteiger partial charge in [-0.25, -0.2) is 4.98 Å². The molecule has 3 rings (SSSR count). The molecule has 0 radical (unpaired) electrons. The van der Waals surface area contributed by atoms with Gasteiger partial charge >= 0.3 is 0 Å². The summed E-state index contributed by atoms with van der Waals surface area (Å²) in [6.07, 6.45) is 0. The van der Waals surface area contributed by atoms with Crippen molar-refractivity contribution >= 4 is 28.6 Å². The molecule has 4 nitrogen and oxygen atoms in total. The summed E-state index contributed by atoms with van der Waals surface area (Å²) >= 11 is 5.95. The first kappa shape index (κ1) is 12.8. The molecule has 5 heteroatoms. The molecule has 2 aromatic carbocycles. The van der Waals surface area contributed by atoms with Gasteiger partial charge < -0.3 is 15.0 Å². The molecule has 102 valence electrons. The van der Waals surface area contributed by atoms with Crippen LogP contribution in [0.1, 0.15) is 5.56 Å². The summed E-state index contributed by atoms with van der Waals surface area (Å²) in [4.78, 5) is 7.69. The molecule has 0 aliphatic heterocycles. The Morgan fingerprint density at radius 2 is 2.10 bits per heavy atom. The maximum atomic E-state index is 5.95. The number of ether oxygens (including phenoxy) is 1. The van der Waals surface area contributed by atoms with Gasteiger partial charge in [-0.15, -0.1) is 0 Å². The normalized spacial score (nSPS) is 10.7. The van der Waals surface area contributed by atoms with Crippen molar-refractivity contribution in [3.8, 4) is 5.75 Å². The number of hydrogen-bond acceptors (Lipinski definition) is 3. The van der Waals surface area contributed by atoms with Gasteiger partial charge in [0.15, 0.2) is 0 Å². The lowest BCUT2D eigenvalue weighted by Crippen LogP contribution is -2.02. The molecule has 0 saturated heterocycles. The van der Waals surface area contributed by atoms with Crippen LogP contribution in [0.2, 0.25) is 5.02 Å². The Labute approximate surface area is 121 Å². The molecule has 0 spiro atoms. The fourth-order valence-corrected chi connectivity index (χ4v) is 2.24. The highest BCUT2D eigenvalue weighted by molar-refractivity contribution is 6.30. The molecule has 0 atom stereocenters. The predicted molar refractivity (Wildman–Crippen MR) is 81.4 cm³/mol. The zero-order chi connectivity index (χ0) is 13.9. The van der Waals surface area contributed by atoms with Crippen molar-refractivity contribution in [1.82, 2.24) is 9.97 Å². The number of para-hydroxylation sites is 2. The van der Waals surface area contributed by atoms with Crippen molar-refractivity contribution in [2.45, 2.75) is 6.54 Å². The number of benzene rings is 2.